The molecule has 2 rings (SSSR count). The number of hydrogen-bond acceptors (Lipinski definition) is 3. The molecule has 0 bridgehead atoms. The van der Waals surface area contributed by atoms with E-state index in [1.165, 1.54) is 0 Å². The highest BCUT2D eigenvalue weighted by Gasteiger charge is 2.17. The Labute approximate surface area is 94.8 Å². The van der Waals surface area contributed by atoms with Gasteiger partial charge in [0, 0.05) is 6.20 Å². The SMILES string of the molecule is CC(C)(O)c1cccc(-c2ccccn2)n1. The average Bonchev–Trinajstić information content (AvgIpc) is 2.29. The topological polar surface area (TPSA) is 46.0 Å². The molecule has 0 radical (unpaired) electrons. The molecule has 0 aromatic carbocycles. The van der Waals surface area contributed by atoms with Gasteiger partial charge in [-0.2, -0.15) is 0 Å². The van der Waals surface area contributed by atoms with E-state index in [1.54, 1.807) is 20.0 Å². The fourth-order valence-corrected chi connectivity index (χ4v) is 1.43. The molecule has 1 N–H and O–H groups in total. The highest BCUT2D eigenvalue weighted by atomic mass is 16.3. The summed E-state index contributed by atoms with van der Waals surface area (Å²) < 4.78 is 0. The minimum atomic E-state index is -0.926. The third-order valence-electron chi connectivity index (χ3n) is 2.30. The molecule has 16 heavy (non-hydrogen) atoms. The van der Waals surface area contributed by atoms with Gasteiger partial charge in [-0.3, -0.25) is 4.98 Å². The van der Waals surface area contributed by atoms with Gasteiger partial charge in [0.25, 0.3) is 0 Å². The van der Waals surface area contributed by atoms with Gasteiger partial charge in [0.05, 0.1) is 17.1 Å². The monoisotopic (exact) mass is 214 g/mol. The fraction of sp³-hybridized carbons (Fsp3) is 0.231. The second-order valence-corrected chi connectivity index (χ2v) is 4.18. The zero-order chi connectivity index (χ0) is 11.6. The number of pyridine rings is 2. The summed E-state index contributed by atoms with van der Waals surface area (Å²) in [6.07, 6.45) is 1.73. The van der Waals surface area contributed by atoms with Crippen molar-refractivity contribution < 1.29 is 5.11 Å². The van der Waals surface area contributed by atoms with E-state index in [0.29, 0.717) is 5.69 Å². The van der Waals surface area contributed by atoms with Crippen LogP contribution in [0.1, 0.15) is 19.5 Å². The fourth-order valence-electron chi connectivity index (χ4n) is 1.43. The molecule has 2 aromatic rings. The van der Waals surface area contributed by atoms with Crippen LogP contribution in [0.3, 0.4) is 0 Å². The molecule has 0 atom stereocenters. The van der Waals surface area contributed by atoms with Crippen molar-refractivity contribution in [2.75, 3.05) is 0 Å². The van der Waals surface area contributed by atoms with Crippen LogP contribution in [0.2, 0.25) is 0 Å². The van der Waals surface area contributed by atoms with Gasteiger partial charge in [-0.05, 0) is 38.1 Å². The minimum absolute atomic E-state index is 0.649. The molecule has 0 unspecified atom stereocenters. The van der Waals surface area contributed by atoms with Crippen molar-refractivity contribution in [3.05, 3.63) is 48.3 Å². The summed E-state index contributed by atoms with van der Waals surface area (Å²) in [7, 11) is 0. The van der Waals surface area contributed by atoms with Gasteiger partial charge >= 0.3 is 0 Å². The Balaban J connectivity index is 2.45. The van der Waals surface area contributed by atoms with E-state index in [9.17, 15) is 5.11 Å². The molecule has 82 valence electrons. The summed E-state index contributed by atoms with van der Waals surface area (Å²) >= 11 is 0. The number of aromatic nitrogens is 2. The summed E-state index contributed by atoms with van der Waals surface area (Å²) in [5.74, 6) is 0. The van der Waals surface area contributed by atoms with Crippen molar-refractivity contribution in [3.8, 4) is 11.4 Å². The van der Waals surface area contributed by atoms with Crippen LogP contribution in [0.5, 0.6) is 0 Å². The summed E-state index contributed by atoms with van der Waals surface area (Å²) in [6.45, 7) is 3.44. The lowest BCUT2D eigenvalue weighted by atomic mass is 10.0. The lowest BCUT2D eigenvalue weighted by molar-refractivity contribution is 0.0740. The van der Waals surface area contributed by atoms with Gasteiger partial charge in [-0.25, -0.2) is 4.98 Å². The van der Waals surface area contributed by atoms with E-state index in [1.807, 2.05) is 36.4 Å². The van der Waals surface area contributed by atoms with Crippen molar-refractivity contribution in [1.29, 1.82) is 0 Å². The van der Waals surface area contributed by atoms with Crippen molar-refractivity contribution in [1.82, 2.24) is 9.97 Å². The van der Waals surface area contributed by atoms with Crippen molar-refractivity contribution in [2.24, 2.45) is 0 Å². The maximum absolute atomic E-state index is 9.88. The molecule has 0 aliphatic rings. The molecule has 0 spiro atoms. The maximum atomic E-state index is 9.88. The zero-order valence-electron chi connectivity index (χ0n) is 9.38. The molecular weight excluding hydrogens is 200 g/mol. The van der Waals surface area contributed by atoms with Crippen molar-refractivity contribution >= 4 is 0 Å². The molecule has 3 heteroatoms. The Morgan fingerprint density at radius 1 is 1.00 bits per heavy atom. The second kappa shape index (κ2) is 4.02. The van der Waals surface area contributed by atoms with E-state index in [0.717, 1.165) is 11.4 Å². The summed E-state index contributed by atoms with van der Waals surface area (Å²) in [6, 6.07) is 11.3. The van der Waals surface area contributed by atoms with Gasteiger partial charge in [-0.15, -0.1) is 0 Å². The molecule has 3 nitrogen and oxygen atoms in total. The molecule has 2 aromatic heterocycles. The Morgan fingerprint density at radius 3 is 2.38 bits per heavy atom. The van der Waals surface area contributed by atoms with Crippen LogP contribution < -0.4 is 0 Å². The third-order valence-corrected chi connectivity index (χ3v) is 2.30. The number of nitrogens with zero attached hydrogens (tertiary/aromatic N) is 2. The second-order valence-electron chi connectivity index (χ2n) is 4.18. The first kappa shape index (κ1) is 10.8. The average molecular weight is 214 g/mol. The molecule has 2 heterocycles. The predicted octanol–water partition coefficient (Wildman–Crippen LogP) is 2.37. The van der Waals surface area contributed by atoms with Crippen LogP contribution in [0.15, 0.2) is 42.6 Å². The largest absolute Gasteiger partial charge is 0.384 e. The normalized spacial score (nSPS) is 11.4. The van der Waals surface area contributed by atoms with Crippen LogP contribution in [0.25, 0.3) is 11.4 Å². The van der Waals surface area contributed by atoms with Crippen LogP contribution in [-0.2, 0) is 5.60 Å². The van der Waals surface area contributed by atoms with Crippen molar-refractivity contribution in [3.63, 3.8) is 0 Å². The molecule has 0 saturated heterocycles. The summed E-state index contributed by atoms with van der Waals surface area (Å²) in [5, 5.41) is 9.88. The molecule has 0 aliphatic heterocycles. The highest BCUT2D eigenvalue weighted by Crippen LogP contribution is 2.20. The van der Waals surface area contributed by atoms with Crippen molar-refractivity contribution in [2.45, 2.75) is 19.4 Å². The predicted molar refractivity (Wildman–Crippen MR) is 62.7 cm³/mol. The zero-order valence-corrected chi connectivity index (χ0v) is 9.38. The number of rotatable bonds is 2. The Hall–Kier alpha value is -1.74. The molecule has 0 fully saturated rings. The van der Waals surface area contributed by atoms with Gasteiger partial charge in [0.15, 0.2) is 0 Å². The van der Waals surface area contributed by atoms with Crippen LogP contribution in [0, 0.1) is 0 Å². The van der Waals surface area contributed by atoms with Gasteiger partial charge in [-0.1, -0.05) is 12.1 Å². The van der Waals surface area contributed by atoms with Gasteiger partial charge in [0.1, 0.15) is 5.60 Å². The Bertz CT molecular complexity index is 475. The maximum Gasteiger partial charge on any atom is 0.101 e. The van der Waals surface area contributed by atoms with E-state index in [-0.39, 0.29) is 0 Å². The molecule has 0 saturated carbocycles. The minimum Gasteiger partial charge on any atom is -0.384 e. The summed E-state index contributed by atoms with van der Waals surface area (Å²) in [5.41, 5.74) is 1.31. The summed E-state index contributed by atoms with van der Waals surface area (Å²) in [4.78, 5) is 8.63. The quantitative estimate of drug-likeness (QED) is 0.834. The lowest BCUT2D eigenvalue weighted by Gasteiger charge is -2.16. The first-order chi connectivity index (χ1) is 7.57. The van der Waals surface area contributed by atoms with E-state index in [4.69, 9.17) is 0 Å². The molecule has 0 aliphatic carbocycles. The Morgan fingerprint density at radius 2 is 1.75 bits per heavy atom. The van der Waals surface area contributed by atoms with E-state index < -0.39 is 5.60 Å². The van der Waals surface area contributed by atoms with Crippen LogP contribution in [0.4, 0.5) is 0 Å². The first-order valence-electron chi connectivity index (χ1n) is 5.19. The van der Waals surface area contributed by atoms with E-state index >= 15 is 0 Å². The van der Waals surface area contributed by atoms with Crippen LogP contribution >= 0.6 is 0 Å². The smallest absolute Gasteiger partial charge is 0.101 e. The van der Waals surface area contributed by atoms with E-state index in [2.05, 4.69) is 9.97 Å². The number of aliphatic hydroxyl groups is 1. The Kier molecular flexibility index (Phi) is 2.71. The van der Waals surface area contributed by atoms with Gasteiger partial charge < -0.3 is 5.11 Å². The lowest BCUT2D eigenvalue weighted by Crippen LogP contribution is -2.17. The molecular formula is C13H14N2O. The third kappa shape index (κ3) is 2.25. The highest BCUT2D eigenvalue weighted by molar-refractivity contribution is 5.53. The number of hydrogen-bond donors (Lipinski definition) is 1. The van der Waals surface area contributed by atoms with Gasteiger partial charge in [0.2, 0.25) is 0 Å². The standard InChI is InChI=1S/C13H14N2O/c1-13(2,16)12-8-5-7-11(15-12)10-6-3-4-9-14-10/h3-9,16H,1-2H3. The van der Waals surface area contributed by atoms with Crippen LogP contribution in [-0.4, -0.2) is 15.1 Å². The molecule has 0 amide bonds. The first-order valence-corrected chi connectivity index (χ1v) is 5.19.